The molecular weight excluding hydrogens is 257 g/mol. The van der Waals surface area contributed by atoms with Gasteiger partial charge in [-0.15, -0.1) is 0 Å². The van der Waals surface area contributed by atoms with Crippen molar-refractivity contribution in [2.24, 2.45) is 0 Å². The maximum absolute atomic E-state index is 14.2. The Kier molecular flexibility index (Phi) is 4.60. The van der Waals surface area contributed by atoms with Crippen LogP contribution in [0.3, 0.4) is 0 Å². The van der Waals surface area contributed by atoms with Crippen LogP contribution in [0.2, 0.25) is 0 Å². The SMILES string of the molecule is CC(C)NCc1cccc(F)c1N1CCN(C)C(=O)C1. The number of anilines is 1. The lowest BCUT2D eigenvalue weighted by molar-refractivity contribution is -0.129. The highest BCUT2D eigenvalue weighted by Gasteiger charge is 2.24. The first-order chi connectivity index (χ1) is 9.49. The molecule has 0 aromatic heterocycles. The minimum absolute atomic E-state index is 0.0299. The number of nitrogens with zero attached hydrogens (tertiary/aromatic N) is 2. The molecule has 2 rings (SSSR count). The van der Waals surface area contributed by atoms with Crippen LogP contribution in [0.25, 0.3) is 0 Å². The predicted molar refractivity (Wildman–Crippen MR) is 78.2 cm³/mol. The molecule has 1 N–H and O–H groups in total. The molecule has 0 atom stereocenters. The molecule has 5 heteroatoms. The normalized spacial score (nSPS) is 16.1. The van der Waals surface area contributed by atoms with Crippen LogP contribution >= 0.6 is 0 Å². The fourth-order valence-corrected chi connectivity index (χ4v) is 2.32. The van der Waals surface area contributed by atoms with Gasteiger partial charge in [0.15, 0.2) is 0 Å². The number of hydrogen-bond acceptors (Lipinski definition) is 3. The van der Waals surface area contributed by atoms with Gasteiger partial charge in [-0.25, -0.2) is 4.39 Å². The Morgan fingerprint density at radius 1 is 1.35 bits per heavy atom. The zero-order valence-electron chi connectivity index (χ0n) is 12.3. The van der Waals surface area contributed by atoms with Crippen LogP contribution in [0.4, 0.5) is 10.1 Å². The van der Waals surface area contributed by atoms with E-state index in [1.165, 1.54) is 6.07 Å². The number of para-hydroxylation sites is 1. The summed E-state index contributed by atoms with van der Waals surface area (Å²) in [6.07, 6.45) is 0. The Bertz CT molecular complexity index is 490. The molecule has 0 radical (unpaired) electrons. The van der Waals surface area contributed by atoms with Gasteiger partial charge in [-0.3, -0.25) is 4.79 Å². The summed E-state index contributed by atoms with van der Waals surface area (Å²) in [7, 11) is 1.78. The molecule has 0 aliphatic carbocycles. The van der Waals surface area contributed by atoms with E-state index in [1.54, 1.807) is 18.0 Å². The van der Waals surface area contributed by atoms with Crippen molar-refractivity contribution in [1.29, 1.82) is 0 Å². The average Bonchev–Trinajstić information content (AvgIpc) is 2.40. The molecule has 1 amide bonds. The van der Waals surface area contributed by atoms with Gasteiger partial charge >= 0.3 is 0 Å². The first kappa shape index (κ1) is 14.8. The number of benzene rings is 1. The van der Waals surface area contributed by atoms with E-state index in [-0.39, 0.29) is 18.3 Å². The van der Waals surface area contributed by atoms with E-state index in [4.69, 9.17) is 0 Å². The third kappa shape index (κ3) is 3.28. The molecule has 0 saturated carbocycles. The van der Waals surface area contributed by atoms with Gasteiger partial charge in [0.25, 0.3) is 0 Å². The highest BCUT2D eigenvalue weighted by Crippen LogP contribution is 2.25. The molecular formula is C15H22FN3O. The molecule has 1 aromatic rings. The average molecular weight is 279 g/mol. The molecule has 110 valence electrons. The largest absolute Gasteiger partial charge is 0.358 e. The molecule has 0 bridgehead atoms. The Morgan fingerprint density at radius 3 is 2.75 bits per heavy atom. The van der Waals surface area contributed by atoms with Crippen LogP contribution in [0.1, 0.15) is 19.4 Å². The molecule has 20 heavy (non-hydrogen) atoms. The summed E-state index contributed by atoms with van der Waals surface area (Å²) < 4.78 is 14.2. The van der Waals surface area contributed by atoms with Crippen LogP contribution in [0.5, 0.6) is 0 Å². The van der Waals surface area contributed by atoms with Crippen molar-refractivity contribution in [3.8, 4) is 0 Å². The zero-order chi connectivity index (χ0) is 14.7. The smallest absolute Gasteiger partial charge is 0.241 e. The number of amides is 1. The van der Waals surface area contributed by atoms with Gasteiger partial charge in [-0.1, -0.05) is 26.0 Å². The third-order valence-corrected chi connectivity index (χ3v) is 3.54. The monoisotopic (exact) mass is 279 g/mol. The van der Waals surface area contributed by atoms with E-state index in [9.17, 15) is 9.18 Å². The first-order valence-corrected chi connectivity index (χ1v) is 6.98. The molecule has 0 spiro atoms. The van der Waals surface area contributed by atoms with Crippen LogP contribution < -0.4 is 10.2 Å². The van der Waals surface area contributed by atoms with Crippen molar-refractivity contribution in [2.75, 3.05) is 31.6 Å². The van der Waals surface area contributed by atoms with Gasteiger partial charge in [-0.2, -0.15) is 0 Å². The highest BCUT2D eigenvalue weighted by atomic mass is 19.1. The number of carbonyl (C=O) groups is 1. The van der Waals surface area contributed by atoms with Crippen LogP contribution in [0.15, 0.2) is 18.2 Å². The topological polar surface area (TPSA) is 35.6 Å². The zero-order valence-corrected chi connectivity index (χ0v) is 12.3. The van der Waals surface area contributed by atoms with Crippen molar-refractivity contribution in [2.45, 2.75) is 26.4 Å². The fraction of sp³-hybridized carbons (Fsp3) is 0.533. The number of rotatable bonds is 4. The molecule has 1 heterocycles. The Balaban J connectivity index is 2.23. The van der Waals surface area contributed by atoms with Crippen molar-refractivity contribution in [3.05, 3.63) is 29.6 Å². The van der Waals surface area contributed by atoms with E-state index in [1.807, 2.05) is 11.0 Å². The third-order valence-electron chi connectivity index (χ3n) is 3.54. The van der Waals surface area contributed by atoms with E-state index in [2.05, 4.69) is 19.2 Å². The second-order valence-electron chi connectivity index (χ2n) is 5.52. The Labute approximate surface area is 119 Å². The second kappa shape index (κ2) is 6.22. The molecule has 1 aliphatic rings. The van der Waals surface area contributed by atoms with Crippen LogP contribution in [-0.4, -0.2) is 43.5 Å². The number of likely N-dealkylation sites (N-methyl/N-ethyl adjacent to an activating group) is 1. The predicted octanol–water partition coefficient (Wildman–Crippen LogP) is 1.60. The Hall–Kier alpha value is -1.62. The van der Waals surface area contributed by atoms with Gasteiger partial charge in [0.2, 0.25) is 5.91 Å². The maximum Gasteiger partial charge on any atom is 0.241 e. The Morgan fingerprint density at radius 2 is 2.10 bits per heavy atom. The fourth-order valence-electron chi connectivity index (χ4n) is 2.32. The lowest BCUT2D eigenvalue weighted by atomic mass is 10.1. The molecule has 0 unspecified atom stereocenters. The van der Waals surface area contributed by atoms with Crippen LogP contribution in [0, 0.1) is 5.82 Å². The van der Waals surface area contributed by atoms with Gasteiger partial charge in [-0.05, 0) is 11.6 Å². The molecule has 1 aliphatic heterocycles. The van der Waals surface area contributed by atoms with Gasteiger partial charge in [0, 0.05) is 32.7 Å². The summed E-state index contributed by atoms with van der Waals surface area (Å²) in [5.74, 6) is -0.229. The van der Waals surface area contributed by atoms with E-state index >= 15 is 0 Å². The van der Waals surface area contributed by atoms with Crippen LogP contribution in [-0.2, 0) is 11.3 Å². The van der Waals surface area contributed by atoms with Gasteiger partial charge in [0.05, 0.1) is 12.2 Å². The lowest BCUT2D eigenvalue weighted by Gasteiger charge is -2.35. The number of nitrogens with one attached hydrogen (secondary N) is 1. The summed E-state index contributed by atoms with van der Waals surface area (Å²) in [5.41, 5.74) is 1.46. The van der Waals surface area contributed by atoms with Crippen molar-refractivity contribution in [1.82, 2.24) is 10.2 Å². The van der Waals surface area contributed by atoms with Crippen molar-refractivity contribution < 1.29 is 9.18 Å². The minimum atomic E-state index is -0.259. The van der Waals surface area contributed by atoms with E-state index in [0.717, 1.165) is 5.56 Å². The number of piperazine rings is 1. The van der Waals surface area contributed by atoms with E-state index < -0.39 is 0 Å². The summed E-state index contributed by atoms with van der Waals surface area (Å²) in [5, 5.41) is 3.30. The lowest BCUT2D eigenvalue weighted by Crippen LogP contribution is -2.49. The molecule has 4 nitrogen and oxygen atoms in total. The minimum Gasteiger partial charge on any atom is -0.358 e. The summed E-state index contributed by atoms with van der Waals surface area (Å²) in [6.45, 7) is 6.25. The number of carbonyl (C=O) groups excluding carboxylic acids is 1. The summed E-state index contributed by atoms with van der Waals surface area (Å²) in [4.78, 5) is 15.3. The number of hydrogen-bond donors (Lipinski definition) is 1. The van der Waals surface area contributed by atoms with Crippen molar-refractivity contribution in [3.63, 3.8) is 0 Å². The first-order valence-electron chi connectivity index (χ1n) is 6.98. The number of halogens is 1. The second-order valence-corrected chi connectivity index (χ2v) is 5.52. The summed E-state index contributed by atoms with van der Waals surface area (Å²) in [6, 6.07) is 5.42. The molecule has 1 saturated heterocycles. The highest BCUT2D eigenvalue weighted by molar-refractivity contribution is 5.83. The van der Waals surface area contributed by atoms with E-state index in [0.29, 0.717) is 31.4 Å². The van der Waals surface area contributed by atoms with Crippen molar-refractivity contribution >= 4 is 11.6 Å². The molecule has 1 fully saturated rings. The van der Waals surface area contributed by atoms with Gasteiger partial charge in [0.1, 0.15) is 5.82 Å². The molecule has 1 aromatic carbocycles. The maximum atomic E-state index is 14.2. The van der Waals surface area contributed by atoms with Gasteiger partial charge < -0.3 is 15.1 Å². The summed E-state index contributed by atoms with van der Waals surface area (Å²) >= 11 is 0. The quantitative estimate of drug-likeness (QED) is 0.909. The standard InChI is InChI=1S/C15H22FN3O/c1-11(2)17-9-12-5-4-6-13(16)15(12)19-8-7-18(3)14(20)10-19/h4-6,11,17H,7-10H2,1-3H3.